The molecule has 27 heavy (non-hydrogen) atoms. The van der Waals surface area contributed by atoms with Crippen molar-refractivity contribution < 1.29 is 18.7 Å². The predicted octanol–water partition coefficient (Wildman–Crippen LogP) is 3.51. The first-order valence-electron chi connectivity index (χ1n) is 8.39. The van der Waals surface area contributed by atoms with Gasteiger partial charge >= 0.3 is 5.97 Å². The molecule has 0 spiro atoms. The fourth-order valence-corrected chi connectivity index (χ4v) is 2.92. The Morgan fingerprint density at radius 3 is 2.52 bits per heavy atom. The quantitative estimate of drug-likeness (QED) is 0.651. The van der Waals surface area contributed by atoms with E-state index in [4.69, 9.17) is 9.15 Å². The molecule has 0 atom stereocenters. The molecule has 2 heterocycles. The molecule has 0 saturated heterocycles. The van der Waals surface area contributed by atoms with Crippen molar-refractivity contribution in [3.05, 3.63) is 84.3 Å². The first-order valence-corrected chi connectivity index (χ1v) is 8.39. The highest BCUT2D eigenvalue weighted by molar-refractivity contribution is 6.10. The van der Waals surface area contributed by atoms with Crippen LogP contribution in [0.3, 0.4) is 0 Å². The Kier molecular flexibility index (Phi) is 4.30. The lowest BCUT2D eigenvalue weighted by molar-refractivity contribution is -0.145. The Morgan fingerprint density at radius 2 is 1.78 bits per heavy atom. The number of nitrogens with zero attached hydrogens (tertiary/aromatic N) is 2. The maximum Gasteiger partial charge on any atom is 0.326 e. The van der Waals surface area contributed by atoms with E-state index in [1.165, 1.54) is 11.2 Å². The van der Waals surface area contributed by atoms with E-state index in [9.17, 15) is 9.59 Å². The topological polar surface area (TPSA) is 72.6 Å². The van der Waals surface area contributed by atoms with Gasteiger partial charge in [-0.2, -0.15) is 0 Å². The van der Waals surface area contributed by atoms with Gasteiger partial charge in [-0.1, -0.05) is 43.0 Å². The number of carbonyl (C=O) groups is 2. The number of hydrogen-bond donors (Lipinski definition) is 0. The molecule has 3 aromatic rings. The first kappa shape index (κ1) is 16.8. The number of rotatable bonds is 5. The minimum absolute atomic E-state index is 0.0311. The molecule has 4 rings (SSSR count). The van der Waals surface area contributed by atoms with Crippen LogP contribution in [0.5, 0.6) is 0 Å². The van der Waals surface area contributed by atoms with Crippen LogP contribution < -0.4 is 0 Å². The Bertz CT molecular complexity index is 988. The number of ether oxygens (including phenoxy) is 1. The highest BCUT2D eigenvalue weighted by Gasteiger charge is 2.32. The monoisotopic (exact) mass is 360 g/mol. The minimum Gasteiger partial charge on any atom is -0.458 e. The van der Waals surface area contributed by atoms with Crippen molar-refractivity contribution in [3.8, 4) is 11.5 Å². The van der Waals surface area contributed by atoms with Crippen LogP contribution in [0.15, 0.2) is 71.9 Å². The lowest BCUT2D eigenvalue weighted by Crippen LogP contribution is -2.30. The average Bonchev–Trinajstić information content (AvgIpc) is 3.27. The smallest absolute Gasteiger partial charge is 0.326 e. The van der Waals surface area contributed by atoms with Crippen LogP contribution in [0.4, 0.5) is 0 Å². The normalized spacial score (nSPS) is 13.0. The fraction of sp³-hybridized carbons (Fsp3) is 0.0952. The van der Waals surface area contributed by atoms with Gasteiger partial charge in [-0.3, -0.25) is 14.5 Å². The summed E-state index contributed by atoms with van der Waals surface area (Å²) >= 11 is 0. The molecule has 134 valence electrons. The highest BCUT2D eigenvalue weighted by atomic mass is 16.5. The van der Waals surface area contributed by atoms with E-state index in [0.717, 1.165) is 11.1 Å². The Labute approximate surface area is 155 Å². The van der Waals surface area contributed by atoms with E-state index in [1.807, 2.05) is 36.4 Å². The molecular weight excluding hydrogens is 344 g/mol. The summed E-state index contributed by atoms with van der Waals surface area (Å²) in [6.45, 7) is 3.68. The molecule has 1 aliphatic heterocycles. The average molecular weight is 360 g/mol. The van der Waals surface area contributed by atoms with Crippen molar-refractivity contribution in [1.82, 2.24) is 9.88 Å². The maximum absolute atomic E-state index is 12.4. The first-order chi connectivity index (χ1) is 13.1. The fourth-order valence-electron chi connectivity index (χ4n) is 2.92. The van der Waals surface area contributed by atoms with Crippen LogP contribution >= 0.6 is 0 Å². The van der Waals surface area contributed by atoms with Crippen LogP contribution in [-0.2, 0) is 16.1 Å². The van der Waals surface area contributed by atoms with Gasteiger partial charge in [0, 0.05) is 22.4 Å². The molecule has 1 aromatic heterocycles. The molecule has 0 radical (unpaired) electrons. The van der Waals surface area contributed by atoms with Crippen molar-refractivity contribution in [2.75, 3.05) is 6.54 Å². The number of amides is 1. The van der Waals surface area contributed by atoms with Crippen molar-refractivity contribution in [2.24, 2.45) is 0 Å². The van der Waals surface area contributed by atoms with E-state index in [2.05, 4.69) is 11.6 Å². The summed E-state index contributed by atoms with van der Waals surface area (Å²) in [5, 5.41) is 0. The molecule has 6 nitrogen and oxygen atoms in total. The summed E-state index contributed by atoms with van der Waals surface area (Å²) in [7, 11) is 0. The van der Waals surface area contributed by atoms with Crippen molar-refractivity contribution in [3.63, 3.8) is 0 Å². The zero-order valence-electron chi connectivity index (χ0n) is 14.4. The van der Waals surface area contributed by atoms with Crippen molar-refractivity contribution in [1.29, 1.82) is 0 Å². The summed E-state index contributed by atoms with van der Waals surface area (Å²) < 4.78 is 10.7. The van der Waals surface area contributed by atoms with E-state index in [-0.39, 0.29) is 19.1 Å². The number of benzene rings is 2. The molecule has 6 heteroatoms. The molecule has 0 unspecified atom stereocenters. The third-order valence-electron chi connectivity index (χ3n) is 4.28. The van der Waals surface area contributed by atoms with E-state index >= 15 is 0 Å². The zero-order chi connectivity index (χ0) is 18.8. The number of aromatic nitrogens is 1. The second-order valence-corrected chi connectivity index (χ2v) is 6.05. The van der Waals surface area contributed by atoms with Crippen LogP contribution in [0, 0.1) is 0 Å². The van der Waals surface area contributed by atoms with Gasteiger partial charge in [0.05, 0.1) is 0 Å². The van der Waals surface area contributed by atoms with Gasteiger partial charge < -0.3 is 9.15 Å². The predicted molar refractivity (Wildman–Crippen MR) is 98.2 cm³/mol. The van der Waals surface area contributed by atoms with Crippen LogP contribution in [-0.4, -0.2) is 28.3 Å². The lowest BCUT2D eigenvalue weighted by Gasteiger charge is -2.16. The Balaban J connectivity index is 1.37. The summed E-state index contributed by atoms with van der Waals surface area (Å²) in [6.07, 6.45) is 1.45. The molecule has 1 aliphatic rings. The third-order valence-corrected chi connectivity index (χ3v) is 4.28. The number of carbonyl (C=O) groups excluding carboxylic acids is 2. The van der Waals surface area contributed by atoms with Gasteiger partial charge in [-0.25, -0.2) is 4.98 Å². The van der Waals surface area contributed by atoms with Crippen molar-refractivity contribution >= 4 is 17.6 Å². The molecule has 0 N–H and O–H groups in total. The van der Waals surface area contributed by atoms with E-state index in [0.29, 0.717) is 22.8 Å². The Morgan fingerprint density at radius 1 is 1.07 bits per heavy atom. The number of oxazole rings is 1. The summed E-state index contributed by atoms with van der Waals surface area (Å²) in [5.41, 5.74) is 3.11. The SMILES string of the molecule is C=C1c2ccccc2C(=O)N1CC(=O)OCc1coc(-c2ccccc2)n1. The van der Waals surface area contributed by atoms with Gasteiger partial charge in [0.2, 0.25) is 5.89 Å². The summed E-state index contributed by atoms with van der Waals surface area (Å²) in [6, 6.07) is 16.6. The highest BCUT2D eigenvalue weighted by Crippen LogP contribution is 2.30. The third kappa shape index (κ3) is 3.25. The van der Waals surface area contributed by atoms with Gasteiger partial charge in [0.15, 0.2) is 0 Å². The van der Waals surface area contributed by atoms with E-state index in [1.54, 1.807) is 18.2 Å². The number of hydrogen-bond acceptors (Lipinski definition) is 5. The molecule has 0 fully saturated rings. The second-order valence-electron chi connectivity index (χ2n) is 6.05. The maximum atomic E-state index is 12.4. The number of esters is 1. The van der Waals surface area contributed by atoms with Gasteiger partial charge in [0.1, 0.15) is 25.1 Å². The van der Waals surface area contributed by atoms with Gasteiger partial charge in [-0.15, -0.1) is 0 Å². The zero-order valence-corrected chi connectivity index (χ0v) is 14.4. The molecule has 0 aliphatic carbocycles. The Hall–Kier alpha value is -3.67. The largest absolute Gasteiger partial charge is 0.458 e. The molecule has 1 amide bonds. The van der Waals surface area contributed by atoms with Crippen LogP contribution in [0.1, 0.15) is 21.6 Å². The van der Waals surface area contributed by atoms with Gasteiger partial charge in [0.25, 0.3) is 5.91 Å². The summed E-state index contributed by atoms with van der Waals surface area (Å²) in [5.74, 6) is -0.331. The van der Waals surface area contributed by atoms with Crippen LogP contribution in [0.25, 0.3) is 17.2 Å². The standard InChI is InChI=1S/C21H16N2O4/c1-14-17-9-5-6-10-18(17)21(25)23(14)11-19(24)26-12-16-13-27-20(22-16)15-7-3-2-4-8-15/h2-10,13H,1,11-12H2. The summed E-state index contributed by atoms with van der Waals surface area (Å²) in [4.78, 5) is 30.2. The minimum atomic E-state index is -0.540. The molecule has 0 bridgehead atoms. The van der Waals surface area contributed by atoms with Gasteiger partial charge in [-0.05, 0) is 18.2 Å². The molecule has 0 saturated carbocycles. The van der Waals surface area contributed by atoms with E-state index < -0.39 is 5.97 Å². The second kappa shape index (κ2) is 6.92. The van der Waals surface area contributed by atoms with Crippen molar-refractivity contribution in [2.45, 2.75) is 6.61 Å². The van der Waals surface area contributed by atoms with Crippen LogP contribution in [0.2, 0.25) is 0 Å². The molecule has 2 aromatic carbocycles. The number of fused-ring (bicyclic) bond motifs is 1. The lowest BCUT2D eigenvalue weighted by atomic mass is 10.1. The molecular formula is C21H16N2O4.